The molecule has 0 N–H and O–H groups in total. The van der Waals surface area contributed by atoms with Crippen molar-refractivity contribution in [2.24, 2.45) is 17.8 Å². The molecule has 84 valence electrons. The summed E-state index contributed by atoms with van der Waals surface area (Å²) < 4.78 is 9.33. The van der Waals surface area contributed by atoms with Crippen molar-refractivity contribution in [3.05, 3.63) is 12.2 Å². The Morgan fingerprint density at radius 3 is 2.20 bits per heavy atom. The highest BCUT2D eigenvalue weighted by Crippen LogP contribution is 2.29. The van der Waals surface area contributed by atoms with Gasteiger partial charge in [0.25, 0.3) is 0 Å². The van der Waals surface area contributed by atoms with Crippen LogP contribution in [0.1, 0.15) is 13.3 Å². The lowest BCUT2D eigenvalue weighted by Crippen LogP contribution is -2.29. The number of esters is 2. The van der Waals surface area contributed by atoms with E-state index in [-0.39, 0.29) is 29.7 Å². The van der Waals surface area contributed by atoms with Gasteiger partial charge in [0.15, 0.2) is 0 Å². The number of carbonyl (C=O) groups is 2. The van der Waals surface area contributed by atoms with E-state index in [1.165, 1.54) is 14.2 Å². The third-order valence-corrected chi connectivity index (χ3v) is 2.77. The van der Waals surface area contributed by atoms with Crippen LogP contribution in [-0.4, -0.2) is 26.2 Å². The van der Waals surface area contributed by atoms with Gasteiger partial charge in [-0.2, -0.15) is 0 Å². The smallest absolute Gasteiger partial charge is 0.312 e. The lowest BCUT2D eigenvalue weighted by atomic mass is 9.80. The molecular weight excluding hydrogens is 196 g/mol. The maximum Gasteiger partial charge on any atom is 0.312 e. The fraction of sp³-hybridized carbons (Fsp3) is 0.636. The maximum atomic E-state index is 11.3. The van der Waals surface area contributed by atoms with E-state index in [9.17, 15) is 9.59 Å². The van der Waals surface area contributed by atoms with E-state index >= 15 is 0 Å². The van der Waals surface area contributed by atoms with Gasteiger partial charge in [-0.25, -0.2) is 0 Å². The first-order chi connectivity index (χ1) is 7.10. The van der Waals surface area contributed by atoms with E-state index in [1.807, 2.05) is 6.92 Å². The van der Waals surface area contributed by atoms with Gasteiger partial charge in [0.1, 0.15) is 0 Å². The van der Waals surface area contributed by atoms with E-state index < -0.39 is 0 Å². The Bertz CT molecular complexity index is 282. The second-order valence-electron chi connectivity index (χ2n) is 3.78. The SMILES string of the molecule is COC(=O)C1C=CC(C(=O)OC)C(C)C1. The van der Waals surface area contributed by atoms with Gasteiger partial charge in [-0.05, 0) is 12.3 Å². The zero-order valence-electron chi connectivity index (χ0n) is 9.23. The van der Waals surface area contributed by atoms with Crippen LogP contribution in [0.15, 0.2) is 12.2 Å². The van der Waals surface area contributed by atoms with Gasteiger partial charge < -0.3 is 9.47 Å². The van der Waals surface area contributed by atoms with Gasteiger partial charge in [-0.1, -0.05) is 19.1 Å². The van der Waals surface area contributed by atoms with Crippen LogP contribution >= 0.6 is 0 Å². The quantitative estimate of drug-likeness (QED) is 0.509. The van der Waals surface area contributed by atoms with Crippen molar-refractivity contribution in [3.8, 4) is 0 Å². The maximum absolute atomic E-state index is 11.3. The zero-order chi connectivity index (χ0) is 11.4. The molecule has 1 aliphatic carbocycles. The molecule has 1 rings (SSSR count). The third-order valence-electron chi connectivity index (χ3n) is 2.77. The van der Waals surface area contributed by atoms with Gasteiger partial charge in [-0.15, -0.1) is 0 Å². The molecule has 0 aromatic heterocycles. The van der Waals surface area contributed by atoms with Crippen molar-refractivity contribution in [1.82, 2.24) is 0 Å². The molecule has 0 aliphatic heterocycles. The van der Waals surface area contributed by atoms with E-state index in [1.54, 1.807) is 12.2 Å². The molecule has 3 atom stereocenters. The number of ether oxygens (including phenoxy) is 2. The molecule has 3 unspecified atom stereocenters. The minimum atomic E-state index is -0.249. The molecule has 0 heterocycles. The third kappa shape index (κ3) is 2.58. The van der Waals surface area contributed by atoms with Crippen molar-refractivity contribution in [2.45, 2.75) is 13.3 Å². The zero-order valence-corrected chi connectivity index (χ0v) is 9.23. The van der Waals surface area contributed by atoms with Gasteiger partial charge in [0.05, 0.1) is 26.1 Å². The minimum Gasteiger partial charge on any atom is -0.469 e. The molecule has 4 nitrogen and oxygen atoms in total. The average Bonchev–Trinajstić information content (AvgIpc) is 2.26. The van der Waals surface area contributed by atoms with E-state index in [4.69, 9.17) is 0 Å². The lowest BCUT2D eigenvalue weighted by Gasteiger charge is -2.25. The van der Waals surface area contributed by atoms with Gasteiger partial charge >= 0.3 is 11.9 Å². The molecule has 4 heteroatoms. The highest BCUT2D eigenvalue weighted by atomic mass is 16.5. The summed E-state index contributed by atoms with van der Waals surface area (Å²) in [6, 6.07) is 0. The Balaban J connectivity index is 2.71. The summed E-state index contributed by atoms with van der Waals surface area (Å²) in [6.45, 7) is 1.93. The van der Waals surface area contributed by atoms with Crippen molar-refractivity contribution in [3.63, 3.8) is 0 Å². The summed E-state index contributed by atoms with van der Waals surface area (Å²) in [7, 11) is 2.74. The summed E-state index contributed by atoms with van der Waals surface area (Å²) in [5.41, 5.74) is 0. The van der Waals surface area contributed by atoms with Crippen LogP contribution in [0.3, 0.4) is 0 Å². The molecule has 0 aromatic rings. The lowest BCUT2D eigenvalue weighted by molar-refractivity contribution is -0.148. The fourth-order valence-electron chi connectivity index (χ4n) is 1.84. The highest BCUT2D eigenvalue weighted by molar-refractivity contribution is 5.78. The van der Waals surface area contributed by atoms with Crippen molar-refractivity contribution < 1.29 is 19.1 Å². The second-order valence-corrected chi connectivity index (χ2v) is 3.78. The van der Waals surface area contributed by atoms with Gasteiger partial charge in [-0.3, -0.25) is 9.59 Å². The predicted octanol–water partition coefficient (Wildman–Crippen LogP) is 1.16. The van der Waals surface area contributed by atoms with Crippen LogP contribution in [0, 0.1) is 17.8 Å². The Kier molecular flexibility index (Phi) is 3.88. The summed E-state index contributed by atoms with van der Waals surface area (Å²) >= 11 is 0. The monoisotopic (exact) mass is 212 g/mol. The normalized spacial score (nSPS) is 29.7. The first kappa shape index (κ1) is 11.8. The second kappa shape index (κ2) is 4.96. The molecule has 0 spiro atoms. The Morgan fingerprint density at radius 2 is 1.73 bits per heavy atom. The van der Waals surface area contributed by atoms with E-state index in [0.29, 0.717) is 6.42 Å². The summed E-state index contributed by atoms with van der Waals surface area (Å²) in [4.78, 5) is 22.6. The molecule has 0 amide bonds. The molecule has 0 saturated heterocycles. The largest absolute Gasteiger partial charge is 0.469 e. The highest BCUT2D eigenvalue weighted by Gasteiger charge is 2.32. The molecule has 15 heavy (non-hydrogen) atoms. The van der Waals surface area contributed by atoms with Crippen LogP contribution in [0.25, 0.3) is 0 Å². The van der Waals surface area contributed by atoms with E-state index in [0.717, 1.165) is 0 Å². The van der Waals surface area contributed by atoms with Crippen LogP contribution < -0.4 is 0 Å². The Hall–Kier alpha value is -1.32. The molecule has 0 saturated carbocycles. The van der Waals surface area contributed by atoms with Crippen molar-refractivity contribution >= 4 is 11.9 Å². The summed E-state index contributed by atoms with van der Waals surface area (Å²) in [5, 5.41) is 0. The molecular formula is C11H16O4. The Labute approximate surface area is 89.2 Å². The molecule has 0 fully saturated rings. The minimum absolute atomic E-state index is 0.103. The van der Waals surface area contributed by atoms with Crippen LogP contribution in [0.5, 0.6) is 0 Å². The topological polar surface area (TPSA) is 52.6 Å². The van der Waals surface area contributed by atoms with Crippen LogP contribution in [0.2, 0.25) is 0 Å². The number of hydrogen-bond acceptors (Lipinski definition) is 4. The first-order valence-corrected chi connectivity index (χ1v) is 4.94. The molecule has 0 bridgehead atoms. The van der Waals surface area contributed by atoms with E-state index in [2.05, 4.69) is 9.47 Å². The molecule has 0 aromatic carbocycles. The first-order valence-electron chi connectivity index (χ1n) is 4.94. The van der Waals surface area contributed by atoms with Gasteiger partial charge in [0.2, 0.25) is 0 Å². The Morgan fingerprint density at radius 1 is 1.13 bits per heavy atom. The van der Waals surface area contributed by atoms with Gasteiger partial charge in [0, 0.05) is 0 Å². The number of rotatable bonds is 2. The standard InChI is InChI=1S/C11H16O4/c1-7-6-8(10(12)14-2)4-5-9(7)11(13)15-3/h4-5,7-9H,6H2,1-3H3. The van der Waals surface area contributed by atoms with Crippen LogP contribution in [-0.2, 0) is 19.1 Å². The summed E-state index contributed by atoms with van der Waals surface area (Å²) in [6.07, 6.45) is 4.10. The van der Waals surface area contributed by atoms with Crippen molar-refractivity contribution in [1.29, 1.82) is 0 Å². The fourth-order valence-corrected chi connectivity index (χ4v) is 1.84. The van der Waals surface area contributed by atoms with Crippen LogP contribution in [0.4, 0.5) is 0 Å². The predicted molar refractivity (Wildman–Crippen MR) is 53.9 cm³/mol. The molecule has 0 radical (unpaired) electrons. The summed E-state index contributed by atoms with van der Waals surface area (Å²) in [5.74, 6) is -0.864. The number of carbonyl (C=O) groups excluding carboxylic acids is 2. The number of hydrogen-bond donors (Lipinski definition) is 0. The number of methoxy groups -OCH3 is 2. The van der Waals surface area contributed by atoms with Crippen molar-refractivity contribution in [2.75, 3.05) is 14.2 Å². The average molecular weight is 212 g/mol. The molecule has 1 aliphatic rings.